The molecule has 1 aliphatic heterocycles. The molecule has 0 saturated heterocycles. The van der Waals surface area contributed by atoms with Gasteiger partial charge in [0.2, 0.25) is 0 Å². The Hall–Kier alpha value is -0.800. The second kappa shape index (κ2) is 10.3. The second-order valence-electron chi connectivity index (χ2n) is 6.40. The van der Waals surface area contributed by atoms with Crippen molar-refractivity contribution in [3.05, 3.63) is 81.6 Å². The van der Waals surface area contributed by atoms with E-state index in [1.54, 1.807) is 35.8 Å². The maximum Gasteiger partial charge on any atom is 0.139 e. The molecule has 148 valence electrons. The van der Waals surface area contributed by atoms with Gasteiger partial charge in [-0.25, -0.2) is 0 Å². The molecule has 0 saturated carbocycles. The normalized spacial score (nSPS) is 19.7. The van der Waals surface area contributed by atoms with Crippen LogP contribution in [0.4, 0.5) is 0 Å². The van der Waals surface area contributed by atoms with Crippen molar-refractivity contribution in [2.45, 2.75) is 12.8 Å². The van der Waals surface area contributed by atoms with Gasteiger partial charge in [-0.1, -0.05) is 48.5 Å². The lowest BCUT2D eigenvalue weighted by Gasteiger charge is -2.19. The molecular weight excluding hydrogens is 427 g/mol. The maximum absolute atomic E-state index is 9.05. The minimum atomic E-state index is 0.169. The monoisotopic (exact) mass is 450 g/mol. The molecule has 1 heterocycles. The number of aliphatic hydroxyl groups excluding tert-OH is 2. The summed E-state index contributed by atoms with van der Waals surface area (Å²) >= 11 is 9.94. The third kappa shape index (κ3) is 5.86. The third-order valence-electron chi connectivity index (χ3n) is 4.26. The first-order valence-electron chi connectivity index (χ1n) is 8.95. The van der Waals surface area contributed by atoms with Gasteiger partial charge in [-0.2, -0.15) is 0 Å². The summed E-state index contributed by atoms with van der Waals surface area (Å²) in [5.74, 6) is 0. The summed E-state index contributed by atoms with van der Waals surface area (Å²) in [6, 6.07) is 16.6. The molecular formula is C21H24NO2S4+. The number of benzene rings is 2. The van der Waals surface area contributed by atoms with E-state index in [1.807, 2.05) is 24.3 Å². The predicted octanol–water partition coefficient (Wildman–Crippen LogP) is 5.39. The largest absolute Gasteiger partial charge is 0.396 e. The number of hydrogen-bond acceptors (Lipinski definition) is 6. The standard InChI is InChI=1S/C21H23NO2S4/c1-22(26-14-20(25)18-6-2-16(3-7-18)10-12-23)27-15-21(28-22)19-8-4-17(5-9-19)11-13-24/h2-9,14-15,23-24H,10-13H2,1H3/p+1/b20-14-. The van der Waals surface area contributed by atoms with E-state index in [9.17, 15) is 0 Å². The molecule has 1 aliphatic rings. The smallest absolute Gasteiger partial charge is 0.139 e. The molecule has 0 radical (unpaired) electrons. The molecule has 1 atom stereocenters. The third-order valence-corrected chi connectivity index (χ3v) is 8.78. The molecule has 0 spiro atoms. The van der Waals surface area contributed by atoms with Gasteiger partial charge in [0, 0.05) is 23.5 Å². The van der Waals surface area contributed by atoms with Gasteiger partial charge in [-0.15, -0.1) is 15.3 Å². The molecule has 0 bridgehead atoms. The summed E-state index contributed by atoms with van der Waals surface area (Å²) < 4.78 is 0.695. The van der Waals surface area contributed by atoms with E-state index in [1.165, 1.54) is 10.5 Å². The maximum atomic E-state index is 9.05. The van der Waals surface area contributed by atoms with Crippen molar-refractivity contribution < 1.29 is 12.9 Å². The highest BCUT2D eigenvalue weighted by Crippen LogP contribution is 2.55. The van der Waals surface area contributed by atoms with Crippen LogP contribution in [-0.2, 0) is 12.8 Å². The Bertz CT molecular complexity index is 850. The van der Waals surface area contributed by atoms with Crippen LogP contribution in [0.1, 0.15) is 22.3 Å². The first kappa shape index (κ1) is 21.9. The summed E-state index contributed by atoms with van der Waals surface area (Å²) in [7, 11) is 2.17. The van der Waals surface area contributed by atoms with Gasteiger partial charge in [0.25, 0.3) is 0 Å². The SMILES string of the molecule is C[N+]1(S/C=C(\S)c2ccc(CCO)cc2)SC=C(c2ccc(CCO)cc2)S1. The highest BCUT2D eigenvalue weighted by molar-refractivity contribution is 8.25. The Labute approximate surface area is 185 Å². The number of hydrogen-bond donors (Lipinski definition) is 3. The van der Waals surface area contributed by atoms with E-state index in [4.69, 9.17) is 10.2 Å². The van der Waals surface area contributed by atoms with Crippen LogP contribution in [0.25, 0.3) is 9.81 Å². The van der Waals surface area contributed by atoms with E-state index in [0.29, 0.717) is 15.5 Å². The molecule has 7 heteroatoms. The highest BCUT2D eigenvalue weighted by Gasteiger charge is 2.35. The van der Waals surface area contributed by atoms with Gasteiger partial charge in [-0.05, 0) is 35.1 Å². The average molecular weight is 451 g/mol. The van der Waals surface area contributed by atoms with Crippen molar-refractivity contribution in [1.29, 1.82) is 0 Å². The molecule has 0 aliphatic carbocycles. The van der Waals surface area contributed by atoms with E-state index in [-0.39, 0.29) is 13.2 Å². The van der Waals surface area contributed by atoms with Crippen LogP contribution in [0.15, 0.2) is 59.3 Å². The van der Waals surface area contributed by atoms with Crippen LogP contribution >= 0.6 is 48.5 Å². The molecule has 28 heavy (non-hydrogen) atoms. The van der Waals surface area contributed by atoms with Crippen molar-refractivity contribution in [2.75, 3.05) is 20.3 Å². The summed E-state index contributed by atoms with van der Waals surface area (Å²) in [5, 5.41) is 22.4. The Morgan fingerprint density at radius 3 is 2.14 bits per heavy atom. The zero-order valence-electron chi connectivity index (χ0n) is 15.6. The molecule has 2 N–H and O–H groups in total. The summed E-state index contributed by atoms with van der Waals surface area (Å²) in [6.07, 6.45) is 1.37. The van der Waals surface area contributed by atoms with Crippen LogP contribution in [0.5, 0.6) is 0 Å². The first-order valence-corrected chi connectivity index (χ1v) is 11.8. The van der Waals surface area contributed by atoms with Gasteiger partial charge in [-0.3, -0.25) is 0 Å². The summed E-state index contributed by atoms with van der Waals surface area (Å²) in [4.78, 5) is 2.18. The fraction of sp³-hybridized carbons (Fsp3) is 0.238. The van der Waals surface area contributed by atoms with E-state index >= 15 is 0 Å². The Morgan fingerprint density at radius 1 is 1.00 bits per heavy atom. The molecule has 0 fully saturated rings. The molecule has 0 amide bonds. The van der Waals surface area contributed by atoms with E-state index in [0.717, 1.165) is 21.6 Å². The van der Waals surface area contributed by atoms with Gasteiger partial charge >= 0.3 is 0 Å². The number of thiol groups is 1. The van der Waals surface area contributed by atoms with Gasteiger partial charge < -0.3 is 10.2 Å². The van der Waals surface area contributed by atoms with Crippen molar-refractivity contribution in [1.82, 2.24) is 0 Å². The zero-order valence-corrected chi connectivity index (χ0v) is 19.0. The van der Waals surface area contributed by atoms with E-state index < -0.39 is 0 Å². The summed E-state index contributed by atoms with van der Waals surface area (Å²) in [6.45, 7) is 0.351. The molecule has 2 aromatic carbocycles. The van der Waals surface area contributed by atoms with Gasteiger partial charge in [0.1, 0.15) is 42.9 Å². The Balaban J connectivity index is 1.61. The zero-order chi connectivity index (χ0) is 20.0. The molecule has 0 aromatic heterocycles. The molecule has 1 unspecified atom stereocenters. The first-order chi connectivity index (χ1) is 13.5. The fourth-order valence-electron chi connectivity index (χ4n) is 2.68. The lowest BCUT2D eigenvalue weighted by atomic mass is 10.1. The highest BCUT2D eigenvalue weighted by atomic mass is 32.3. The fourth-order valence-corrected chi connectivity index (χ4v) is 6.26. The Kier molecular flexibility index (Phi) is 8.05. The lowest BCUT2D eigenvalue weighted by molar-refractivity contribution is -0.437. The molecule has 3 rings (SSSR count). The van der Waals surface area contributed by atoms with Crippen molar-refractivity contribution in [3.8, 4) is 0 Å². The van der Waals surface area contributed by atoms with Crippen LogP contribution < -0.4 is 0 Å². The second-order valence-corrected chi connectivity index (χ2v) is 11.3. The van der Waals surface area contributed by atoms with Gasteiger partial charge in [0.15, 0.2) is 0 Å². The lowest BCUT2D eigenvalue weighted by Crippen LogP contribution is -2.13. The van der Waals surface area contributed by atoms with Crippen LogP contribution in [0.3, 0.4) is 0 Å². The van der Waals surface area contributed by atoms with Crippen molar-refractivity contribution in [3.63, 3.8) is 0 Å². The minimum absolute atomic E-state index is 0.169. The number of aliphatic hydroxyl groups is 2. The quantitative estimate of drug-likeness (QED) is 0.286. The van der Waals surface area contributed by atoms with Crippen LogP contribution in [-0.4, -0.2) is 33.2 Å². The van der Waals surface area contributed by atoms with Gasteiger partial charge in [0.05, 0.1) is 10.3 Å². The minimum Gasteiger partial charge on any atom is -0.396 e. The summed E-state index contributed by atoms with van der Waals surface area (Å²) in [5.41, 5.74) is 4.56. The predicted molar refractivity (Wildman–Crippen MR) is 128 cm³/mol. The number of nitrogens with zero attached hydrogens (tertiary/aromatic N) is 1. The number of rotatable bonds is 8. The topological polar surface area (TPSA) is 40.5 Å². The molecule has 2 aromatic rings. The van der Waals surface area contributed by atoms with Crippen molar-refractivity contribution in [2.24, 2.45) is 0 Å². The van der Waals surface area contributed by atoms with Crippen molar-refractivity contribution >= 4 is 58.3 Å². The van der Waals surface area contributed by atoms with E-state index in [2.05, 4.69) is 54.8 Å². The molecule has 3 nitrogen and oxygen atoms in total. The van der Waals surface area contributed by atoms with Crippen LogP contribution in [0, 0.1) is 0 Å². The average Bonchev–Trinajstić information content (AvgIpc) is 3.10. The number of quaternary nitrogens is 1. The Morgan fingerprint density at radius 2 is 1.57 bits per heavy atom. The van der Waals surface area contributed by atoms with Crippen LogP contribution in [0.2, 0.25) is 0 Å².